The number of fused-ring (bicyclic) bond motifs is 1. The van der Waals surface area contributed by atoms with Crippen LogP contribution in [-0.4, -0.2) is 24.9 Å². The maximum Gasteiger partial charge on any atom is 0.175 e. The van der Waals surface area contributed by atoms with Crippen LogP contribution >= 0.6 is 0 Å². The lowest BCUT2D eigenvalue weighted by atomic mass is 10.0. The zero-order valence-electron chi connectivity index (χ0n) is 10.8. The molecule has 20 heavy (non-hydrogen) atoms. The fourth-order valence-electron chi connectivity index (χ4n) is 2.11. The average Bonchev–Trinajstić information content (AvgIpc) is 2.79. The number of aromatic nitrogens is 2. The van der Waals surface area contributed by atoms with Crippen molar-refractivity contribution in [1.29, 1.82) is 0 Å². The van der Waals surface area contributed by atoms with E-state index >= 15 is 0 Å². The predicted molar refractivity (Wildman–Crippen MR) is 79.1 cm³/mol. The molecule has 1 heterocycles. The number of sulfone groups is 1. The molecule has 0 saturated carbocycles. The van der Waals surface area contributed by atoms with Gasteiger partial charge in [0.25, 0.3) is 0 Å². The van der Waals surface area contributed by atoms with Crippen molar-refractivity contribution in [3.05, 3.63) is 42.5 Å². The lowest BCUT2D eigenvalue weighted by molar-refractivity contribution is 0.602. The summed E-state index contributed by atoms with van der Waals surface area (Å²) in [4.78, 5) is 0.313. The van der Waals surface area contributed by atoms with Crippen LogP contribution in [0.3, 0.4) is 0 Å². The van der Waals surface area contributed by atoms with Gasteiger partial charge in [0.05, 0.1) is 10.4 Å². The molecule has 0 atom stereocenters. The van der Waals surface area contributed by atoms with Crippen molar-refractivity contribution < 1.29 is 8.42 Å². The third-order valence-corrected chi connectivity index (χ3v) is 4.34. The Hall–Kier alpha value is -2.34. The molecule has 0 aliphatic carbocycles. The number of nitrogens with zero attached hydrogens (tertiary/aromatic N) is 1. The molecule has 0 unspecified atom stereocenters. The molecule has 0 radical (unpaired) electrons. The van der Waals surface area contributed by atoms with E-state index in [-0.39, 0.29) is 0 Å². The van der Waals surface area contributed by atoms with Gasteiger partial charge >= 0.3 is 0 Å². The molecule has 0 aliphatic rings. The molecule has 0 aliphatic heterocycles. The Balaban J connectivity index is 2.06. The van der Waals surface area contributed by atoms with Gasteiger partial charge in [-0.2, -0.15) is 5.10 Å². The summed E-state index contributed by atoms with van der Waals surface area (Å²) >= 11 is 0. The van der Waals surface area contributed by atoms with Crippen molar-refractivity contribution in [3.63, 3.8) is 0 Å². The lowest BCUT2D eigenvalue weighted by Gasteiger charge is -2.03. The predicted octanol–water partition coefficient (Wildman–Crippen LogP) is 2.22. The van der Waals surface area contributed by atoms with Gasteiger partial charge in [-0.05, 0) is 35.4 Å². The van der Waals surface area contributed by atoms with Gasteiger partial charge in [-0.1, -0.05) is 18.2 Å². The summed E-state index contributed by atoms with van der Waals surface area (Å²) < 4.78 is 22.9. The summed E-state index contributed by atoms with van der Waals surface area (Å²) in [6, 6.07) is 12.6. The van der Waals surface area contributed by atoms with E-state index in [1.54, 1.807) is 24.3 Å². The highest BCUT2D eigenvalue weighted by molar-refractivity contribution is 7.90. The Bertz CT molecular complexity index is 880. The van der Waals surface area contributed by atoms with Crippen LogP contribution in [0.2, 0.25) is 0 Å². The van der Waals surface area contributed by atoms with Crippen molar-refractivity contribution in [2.75, 3.05) is 12.0 Å². The minimum atomic E-state index is -3.17. The standard InChI is InChI=1S/C14H13N3O2S/c1-20(18,19)11-5-2-9(3-6-11)10-4-7-12-13(8-10)16-17-14(12)15/h2-8H,1H3,(H3,15,16,17). The third-order valence-electron chi connectivity index (χ3n) is 3.21. The average molecular weight is 287 g/mol. The number of hydrogen-bond donors (Lipinski definition) is 2. The maximum atomic E-state index is 11.4. The van der Waals surface area contributed by atoms with Gasteiger partial charge in [-0.25, -0.2) is 8.42 Å². The second kappa shape index (κ2) is 4.35. The Kier molecular flexibility index (Phi) is 2.76. The van der Waals surface area contributed by atoms with Crippen molar-refractivity contribution in [3.8, 4) is 11.1 Å². The normalized spacial score (nSPS) is 11.8. The smallest absolute Gasteiger partial charge is 0.175 e. The molecule has 6 heteroatoms. The van der Waals surface area contributed by atoms with Crippen LogP contribution in [0.4, 0.5) is 5.82 Å². The topological polar surface area (TPSA) is 88.8 Å². The first-order valence-electron chi connectivity index (χ1n) is 5.99. The number of H-pyrrole nitrogens is 1. The van der Waals surface area contributed by atoms with Crippen LogP contribution in [0.1, 0.15) is 0 Å². The minimum Gasteiger partial charge on any atom is -0.382 e. The number of anilines is 1. The van der Waals surface area contributed by atoms with Crippen LogP contribution in [0.15, 0.2) is 47.4 Å². The quantitative estimate of drug-likeness (QED) is 0.756. The van der Waals surface area contributed by atoms with E-state index in [4.69, 9.17) is 5.73 Å². The summed E-state index contributed by atoms with van der Waals surface area (Å²) in [5.41, 5.74) is 8.49. The van der Waals surface area contributed by atoms with Gasteiger partial charge in [0.1, 0.15) is 0 Å². The summed E-state index contributed by atoms with van der Waals surface area (Å²) in [7, 11) is -3.17. The zero-order chi connectivity index (χ0) is 14.3. The van der Waals surface area contributed by atoms with E-state index in [0.29, 0.717) is 10.7 Å². The van der Waals surface area contributed by atoms with Crippen molar-refractivity contribution in [2.45, 2.75) is 4.90 Å². The van der Waals surface area contributed by atoms with Gasteiger partial charge < -0.3 is 5.73 Å². The van der Waals surface area contributed by atoms with Crippen molar-refractivity contribution in [1.82, 2.24) is 10.2 Å². The van der Waals surface area contributed by atoms with Crippen LogP contribution < -0.4 is 5.73 Å². The molecule has 0 bridgehead atoms. The molecule has 0 amide bonds. The number of hydrogen-bond acceptors (Lipinski definition) is 4. The van der Waals surface area contributed by atoms with Crippen molar-refractivity contribution >= 4 is 26.6 Å². The van der Waals surface area contributed by atoms with Crippen LogP contribution in [0.5, 0.6) is 0 Å². The number of nitrogen functional groups attached to an aromatic ring is 1. The van der Waals surface area contributed by atoms with Gasteiger partial charge in [0.15, 0.2) is 15.7 Å². The zero-order valence-corrected chi connectivity index (χ0v) is 11.6. The van der Waals surface area contributed by atoms with Gasteiger partial charge in [-0.15, -0.1) is 0 Å². The molecule has 3 rings (SSSR count). The minimum absolute atomic E-state index is 0.313. The summed E-state index contributed by atoms with van der Waals surface area (Å²) in [5, 5.41) is 7.69. The summed E-state index contributed by atoms with van der Waals surface area (Å²) in [6.45, 7) is 0. The molecular weight excluding hydrogens is 274 g/mol. The number of benzene rings is 2. The second-order valence-corrected chi connectivity index (χ2v) is 6.68. The molecule has 0 saturated heterocycles. The van der Waals surface area contributed by atoms with Crippen LogP contribution in [0, 0.1) is 0 Å². The van der Waals surface area contributed by atoms with E-state index < -0.39 is 9.84 Å². The monoisotopic (exact) mass is 287 g/mol. The lowest BCUT2D eigenvalue weighted by Crippen LogP contribution is -1.96. The van der Waals surface area contributed by atoms with E-state index in [0.717, 1.165) is 22.0 Å². The number of nitrogens with one attached hydrogen (secondary N) is 1. The molecule has 3 aromatic rings. The fourth-order valence-corrected chi connectivity index (χ4v) is 2.75. The molecule has 5 nitrogen and oxygen atoms in total. The number of aromatic amines is 1. The molecule has 1 aromatic heterocycles. The molecule has 0 fully saturated rings. The second-order valence-electron chi connectivity index (χ2n) is 4.67. The summed E-state index contributed by atoms with van der Waals surface area (Å²) in [6.07, 6.45) is 1.20. The first-order chi connectivity index (χ1) is 9.45. The van der Waals surface area contributed by atoms with Gasteiger partial charge in [0.2, 0.25) is 0 Å². The van der Waals surface area contributed by atoms with Crippen molar-refractivity contribution in [2.24, 2.45) is 0 Å². The Morgan fingerprint density at radius 3 is 2.35 bits per heavy atom. The van der Waals surface area contributed by atoms with Crippen LogP contribution in [-0.2, 0) is 9.84 Å². The van der Waals surface area contributed by atoms with Gasteiger partial charge in [-0.3, -0.25) is 5.10 Å². The van der Waals surface area contributed by atoms with E-state index in [1.165, 1.54) is 6.26 Å². The molecule has 102 valence electrons. The first-order valence-corrected chi connectivity index (χ1v) is 7.88. The third kappa shape index (κ3) is 2.14. The SMILES string of the molecule is CS(=O)(=O)c1ccc(-c2ccc3c(N)n[nH]c3c2)cc1. The highest BCUT2D eigenvalue weighted by Crippen LogP contribution is 2.26. The maximum absolute atomic E-state index is 11.4. The van der Waals surface area contributed by atoms with E-state index in [9.17, 15) is 8.42 Å². The van der Waals surface area contributed by atoms with Gasteiger partial charge in [0, 0.05) is 11.6 Å². The highest BCUT2D eigenvalue weighted by Gasteiger charge is 2.08. The molecule has 2 aromatic carbocycles. The highest BCUT2D eigenvalue weighted by atomic mass is 32.2. The molecule has 3 N–H and O–H groups in total. The van der Waals surface area contributed by atoms with Crippen LogP contribution in [0.25, 0.3) is 22.0 Å². The Morgan fingerprint density at radius 2 is 1.70 bits per heavy atom. The largest absolute Gasteiger partial charge is 0.382 e. The fraction of sp³-hybridized carbons (Fsp3) is 0.0714. The summed E-state index contributed by atoms with van der Waals surface area (Å²) in [5.74, 6) is 0.471. The van der Waals surface area contributed by atoms with E-state index in [1.807, 2.05) is 18.2 Å². The molecular formula is C14H13N3O2S. The number of nitrogens with two attached hydrogens (primary N) is 1. The number of rotatable bonds is 2. The Morgan fingerprint density at radius 1 is 1.05 bits per heavy atom. The first kappa shape index (κ1) is 12.7. The van der Waals surface area contributed by atoms with E-state index in [2.05, 4.69) is 10.2 Å². The Labute approximate surface area is 116 Å². The molecule has 0 spiro atoms.